The van der Waals surface area contributed by atoms with Crippen LogP contribution in [0.3, 0.4) is 0 Å². The van der Waals surface area contributed by atoms with Gasteiger partial charge in [-0.1, -0.05) is 6.07 Å². The summed E-state index contributed by atoms with van der Waals surface area (Å²) in [7, 11) is -1.70. The van der Waals surface area contributed by atoms with Gasteiger partial charge in [-0.15, -0.1) is 0 Å². The smallest absolute Gasteiger partial charge is 0.250 e. The average Bonchev–Trinajstić information content (AvgIpc) is 3.26. The summed E-state index contributed by atoms with van der Waals surface area (Å²) >= 11 is 0. The van der Waals surface area contributed by atoms with Gasteiger partial charge in [0.05, 0.1) is 29.5 Å². The van der Waals surface area contributed by atoms with E-state index in [1.807, 2.05) is 18.3 Å². The quantitative estimate of drug-likeness (QED) is 0.514. The van der Waals surface area contributed by atoms with Crippen molar-refractivity contribution in [2.75, 3.05) is 26.0 Å². The van der Waals surface area contributed by atoms with E-state index in [1.54, 1.807) is 29.4 Å². The number of fused-ring (bicyclic) bond motifs is 1. The van der Waals surface area contributed by atoms with Crippen LogP contribution in [0, 0.1) is 0 Å². The van der Waals surface area contributed by atoms with Crippen LogP contribution >= 0.6 is 0 Å². The van der Waals surface area contributed by atoms with E-state index in [4.69, 9.17) is 10.5 Å². The molecule has 1 saturated heterocycles. The molecule has 2 aromatic carbocycles. The number of benzene rings is 2. The first-order chi connectivity index (χ1) is 15.8. The number of carbonyl (C=O) groups is 2. The Morgan fingerprint density at radius 1 is 1.21 bits per heavy atom. The molecule has 1 aromatic heterocycles. The fourth-order valence-corrected chi connectivity index (χ4v) is 5.72. The van der Waals surface area contributed by atoms with Crippen molar-refractivity contribution >= 4 is 33.1 Å². The summed E-state index contributed by atoms with van der Waals surface area (Å²) in [5.41, 5.74) is 9.68. The second-order valence-electron chi connectivity index (χ2n) is 8.20. The van der Waals surface area contributed by atoms with E-state index < -0.39 is 15.9 Å². The van der Waals surface area contributed by atoms with Crippen molar-refractivity contribution in [2.24, 2.45) is 5.73 Å². The van der Waals surface area contributed by atoms with Crippen LogP contribution in [0.5, 0.6) is 5.75 Å². The third kappa shape index (κ3) is 4.26. The molecule has 3 aromatic rings. The van der Waals surface area contributed by atoms with Crippen molar-refractivity contribution < 1.29 is 22.7 Å². The van der Waals surface area contributed by atoms with E-state index in [-0.39, 0.29) is 11.7 Å². The molecule has 0 atom stereocenters. The van der Waals surface area contributed by atoms with Gasteiger partial charge in [0.15, 0.2) is 6.29 Å². The Hall–Kier alpha value is -3.17. The molecule has 174 valence electrons. The molecular formula is C24H27N3O5S. The van der Waals surface area contributed by atoms with Crippen LogP contribution in [0.15, 0.2) is 36.5 Å². The highest BCUT2D eigenvalue weighted by Gasteiger charge is 2.29. The van der Waals surface area contributed by atoms with Gasteiger partial charge in [-0.05, 0) is 66.6 Å². The van der Waals surface area contributed by atoms with Crippen molar-refractivity contribution in [1.82, 2.24) is 9.29 Å². The Kier molecular flexibility index (Phi) is 6.27. The van der Waals surface area contributed by atoms with Crippen molar-refractivity contribution in [1.29, 1.82) is 0 Å². The van der Waals surface area contributed by atoms with Gasteiger partial charge in [0.2, 0.25) is 10.0 Å². The van der Waals surface area contributed by atoms with Gasteiger partial charge in [-0.25, -0.2) is 12.7 Å². The molecule has 3 N–H and O–H groups in total. The predicted octanol–water partition coefficient (Wildman–Crippen LogP) is 3.28. The minimum absolute atomic E-state index is 0.0979. The number of H-pyrrole nitrogens is 1. The molecule has 2 heterocycles. The van der Waals surface area contributed by atoms with Gasteiger partial charge >= 0.3 is 0 Å². The lowest BCUT2D eigenvalue weighted by Gasteiger charge is -2.31. The number of ether oxygens (including phenoxy) is 1. The number of aldehydes is 1. The molecule has 1 aliphatic heterocycles. The number of hydrogen-bond acceptors (Lipinski definition) is 5. The van der Waals surface area contributed by atoms with Crippen molar-refractivity contribution in [2.45, 2.75) is 25.7 Å². The normalized spacial score (nSPS) is 15.6. The Morgan fingerprint density at radius 3 is 2.55 bits per heavy atom. The van der Waals surface area contributed by atoms with Crippen LogP contribution < -0.4 is 10.5 Å². The fourth-order valence-electron chi connectivity index (χ4n) is 4.59. The summed E-state index contributed by atoms with van der Waals surface area (Å²) in [6, 6.07) is 8.97. The Labute approximate surface area is 192 Å². The molecule has 1 amide bonds. The number of nitrogens with two attached hydrogens (primary N) is 1. The standard InChI is InChI=1S/C24H27N3O5S/c1-3-33(30,31)27-8-6-15(7-9-27)21-13-26-23-19(21)11-17(12-20(23)24(25)29)16-4-5-22(32-2)18(10-16)14-28/h4-5,10-15,26H,3,6-9H2,1-2H3,(H2,25,29). The molecule has 33 heavy (non-hydrogen) atoms. The van der Waals surface area contributed by atoms with Gasteiger partial charge in [0, 0.05) is 24.7 Å². The molecular weight excluding hydrogens is 442 g/mol. The number of sulfonamides is 1. The van der Waals surface area contributed by atoms with Gasteiger partial charge < -0.3 is 15.5 Å². The highest BCUT2D eigenvalue weighted by Crippen LogP contribution is 2.37. The summed E-state index contributed by atoms with van der Waals surface area (Å²) in [6.07, 6.45) is 4.01. The Bertz CT molecular complexity index is 1320. The minimum Gasteiger partial charge on any atom is -0.496 e. The monoisotopic (exact) mass is 469 g/mol. The van der Waals surface area contributed by atoms with Gasteiger partial charge in [-0.3, -0.25) is 9.59 Å². The topological polar surface area (TPSA) is 123 Å². The van der Waals surface area contributed by atoms with Crippen LogP contribution in [0.4, 0.5) is 0 Å². The number of carbonyl (C=O) groups excluding carboxylic acids is 2. The van der Waals surface area contributed by atoms with Gasteiger partial charge in [0.1, 0.15) is 5.75 Å². The van der Waals surface area contributed by atoms with Crippen LogP contribution in [-0.2, 0) is 10.0 Å². The molecule has 4 rings (SSSR count). The zero-order chi connectivity index (χ0) is 23.8. The number of methoxy groups -OCH3 is 1. The Morgan fingerprint density at radius 2 is 1.94 bits per heavy atom. The van der Waals surface area contributed by atoms with Crippen LogP contribution in [0.2, 0.25) is 0 Å². The summed E-state index contributed by atoms with van der Waals surface area (Å²) in [5.74, 6) is 0.171. The molecule has 9 heteroatoms. The molecule has 0 bridgehead atoms. The third-order valence-electron chi connectivity index (χ3n) is 6.43. The van der Waals surface area contributed by atoms with Crippen LogP contribution in [-0.4, -0.2) is 55.9 Å². The second kappa shape index (κ2) is 8.99. The van der Waals surface area contributed by atoms with E-state index in [0.29, 0.717) is 48.3 Å². The summed E-state index contributed by atoms with van der Waals surface area (Å²) in [4.78, 5) is 26.9. The molecule has 1 fully saturated rings. The number of aromatic nitrogens is 1. The number of piperidine rings is 1. The number of amides is 1. The highest BCUT2D eigenvalue weighted by atomic mass is 32.2. The molecule has 1 aliphatic rings. The fraction of sp³-hybridized carbons (Fsp3) is 0.333. The number of nitrogens with one attached hydrogen (secondary N) is 1. The molecule has 0 aliphatic carbocycles. The minimum atomic E-state index is -3.20. The second-order valence-corrected chi connectivity index (χ2v) is 10.5. The summed E-state index contributed by atoms with van der Waals surface area (Å²) < 4.78 is 31.2. The molecule has 0 unspecified atom stereocenters. The van der Waals surface area contributed by atoms with E-state index >= 15 is 0 Å². The number of hydrogen-bond donors (Lipinski definition) is 2. The summed E-state index contributed by atoms with van der Waals surface area (Å²) in [6.45, 7) is 2.59. The van der Waals surface area contributed by atoms with E-state index in [0.717, 1.165) is 28.4 Å². The maximum Gasteiger partial charge on any atom is 0.250 e. The average molecular weight is 470 g/mol. The van der Waals surface area contributed by atoms with Gasteiger partial charge in [0.25, 0.3) is 5.91 Å². The number of nitrogens with zero attached hydrogens (tertiary/aromatic N) is 1. The number of aromatic amines is 1. The molecule has 0 saturated carbocycles. The zero-order valence-corrected chi connectivity index (χ0v) is 19.4. The number of rotatable bonds is 7. The first kappa shape index (κ1) is 23.0. The molecule has 0 spiro atoms. The maximum atomic E-state index is 12.2. The highest BCUT2D eigenvalue weighted by molar-refractivity contribution is 7.89. The Balaban J connectivity index is 1.76. The lowest BCUT2D eigenvalue weighted by Crippen LogP contribution is -2.38. The van der Waals surface area contributed by atoms with Crippen LogP contribution in [0.25, 0.3) is 22.0 Å². The SMILES string of the molecule is CCS(=O)(=O)N1CCC(c2c[nH]c3c(C(N)=O)cc(-c4ccc(OC)c(C=O)c4)cc23)CC1. The van der Waals surface area contributed by atoms with E-state index in [9.17, 15) is 18.0 Å². The lowest BCUT2D eigenvalue weighted by molar-refractivity contribution is 0.100. The first-order valence-corrected chi connectivity index (χ1v) is 12.5. The first-order valence-electron chi connectivity index (χ1n) is 10.8. The third-order valence-corrected chi connectivity index (χ3v) is 8.31. The van der Waals surface area contributed by atoms with E-state index in [1.165, 1.54) is 7.11 Å². The van der Waals surface area contributed by atoms with Crippen LogP contribution in [0.1, 0.15) is 52.0 Å². The molecule has 8 nitrogen and oxygen atoms in total. The van der Waals surface area contributed by atoms with Crippen molar-refractivity contribution in [3.05, 3.63) is 53.2 Å². The molecule has 0 radical (unpaired) electrons. The van der Waals surface area contributed by atoms with Crippen molar-refractivity contribution in [3.8, 4) is 16.9 Å². The maximum absolute atomic E-state index is 12.2. The summed E-state index contributed by atoms with van der Waals surface area (Å²) in [5, 5.41) is 0.876. The van der Waals surface area contributed by atoms with Gasteiger partial charge in [-0.2, -0.15) is 0 Å². The lowest BCUT2D eigenvalue weighted by atomic mass is 9.88. The number of primary amides is 1. The zero-order valence-electron chi connectivity index (χ0n) is 18.6. The largest absolute Gasteiger partial charge is 0.496 e. The van der Waals surface area contributed by atoms with E-state index in [2.05, 4.69) is 4.98 Å². The van der Waals surface area contributed by atoms with Crippen molar-refractivity contribution in [3.63, 3.8) is 0 Å². The predicted molar refractivity (Wildman–Crippen MR) is 127 cm³/mol.